The Kier molecular flexibility index (Phi) is 14.7. The van der Waals surface area contributed by atoms with Gasteiger partial charge in [0.15, 0.2) is 6.10 Å². The Bertz CT molecular complexity index is 1810. The minimum Gasteiger partial charge on any atom is -0.508 e. The second kappa shape index (κ2) is 19.6. The van der Waals surface area contributed by atoms with Gasteiger partial charge in [0.05, 0.1) is 6.54 Å². The number of benzene rings is 3. The van der Waals surface area contributed by atoms with Crippen molar-refractivity contribution in [2.24, 2.45) is 0 Å². The number of phenolic OH excluding ortho intramolecular Hbond substituents is 1. The Morgan fingerprint density at radius 3 is 1.91 bits per heavy atom. The third-order valence-electron chi connectivity index (χ3n) is 8.48. The average molecular weight is 742 g/mol. The van der Waals surface area contributed by atoms with Gasteiger partial charge in [0.25, 0.3) is 5.91 Å². The lowest BCUT2D eigenvalue weighted by Crippen LogP contribution is -2.57. The molecule has 0 aliphatic carbocycles. The van der Waals surface area contributed by atoms with Gasteiger partial charge in [-0.25, -0.2) is 4.79 Å². The van der Waals surface area contributed by atoms with Gasteiger partial charge in [-0.05, 0) is 74.7 Å². The molecule has 6 N–H and O–H groups in total. The van der Waals surface area contributed by atoms with Crippen LogP contribution in [0.15, 0.2) is 90.5 Å². The Morgan fingerprint density at radius 1 is 0.685 bits per heavy atom. The maximum absolute atomic E-state index is 13.9. The van der Waals surface area contributed by atoms with Gasteiger partial charge in [-0.3, -0.25) is 24.0 Å². The number of allylic oxidation sites excluding steroid dienone is 1. The highest BCUT2D eigenvalue weighted by molar-refractivity contribution is 5.96. The maximum Gasteiger partial charge on any atom is 0.329 e. The number of rotatable bonds is 9. The van der Waals surface area contributed by atoms with Crippen molar-refractivity contribution in [1.82, 2.24) is 26.6 Å². The highest BCUT2D eigenvalue weighted by Gasteiger charge is 2.33. The van der Waals surface area contributed by atoms with Crippen LogP contribution in [-0.4, -0.2) is 84.0 Å². The number of aromatic hydroxyl groups is 1. The molecular weight excluding hydrogens is 694 g/mol. The Labute approximate surface area is 314 Å². The van der Waals surface area contributed by atoms with Crippen molar-refractivity contribution in [2.45, 2.75) is 77.2 Å². The molecule has 1 aliphatic heterocycles. The number of cyclic esters (lactones) is 1. The molecule has 14 nitrogen and oxygen atoms in total. The fourth-order valence-corrected chi connectivity index (χ4v) is 5.38. The van der Waals surface area contributed by atoms with Crippen molar-refractivity contribution >= 4 is 35.5 Å². The lowest BCUT2D eigenvalue weighted by Gasteiger charge is -2.26. The Hall–Kier alpha value is -6.18. The number of carbonyl (C=O) groups is 6. The number of hydrogen-bond donors (Lipinski definition) is 6. The lowest BCUT2D eigenvalue weighted by atomic mass is 10.0. The minimum absolute atomic E-state index is 0.00868. The molecule has 14 heteroatoms. The molecule has 1 saturated heterocycles. The third kappa shape index (κ3) is 12.8. The summed E-state index contributed by atoms with van der Waals surface area (Å²) >= 11 is 0. The average Bonchev–Trinajstić information content (AvgIpc) is 3.14. The number of hydrogen-bond acceptors (Lipinski definition) is 9. The first-order valence-corrected chi connectivity index (χ1v) is 17.6. The number of carbonyl (C=O) groups excluding carboxylic acids is 6. The molecule has 0 spiro atoms. The van der Waals surface area contributed by atoms with E-state index >= 15 is 0 Å². The molecule has 3 aromatic carbocycles. The summed E-state index contributed by atoms with van der Waals surface area (Å²) in [7, 11) is 0. The van der Waals surface area contributed by atoms with Gasteiger partial charge in [-0.15, -0.1) is 0 Å². The molecule has 1 fully saturated rings. The molecule has 3 aromatic rings. The van der Waals surface area contributed by atoms with E-state index in [-0.39, 0.29) is 25.0 Å². The highest BCUT2D eigenvalue weighted by atomic mass is 16.5. The number of esters is 1. The summed E-state index contributed by atoms with van der Waals surface area (Å²) in [5.74, 6) is -3.93. The van der Waals surface area contributed by atoms with Gasteiger partial charge in [0.1, 0.15) is 42.3 Å². The summed E-state index contributed by atoms with van der Waals surface area (Å²) in [6.45, 7) is 6.59. The first-order chi connectivity index (χ1) is 25.8. The summed E-state index contributed by atoms with van der Waals surface area (Å²) in [6.07, 6.45) is 0.429. The SMILES string of the molecule is CC(C)=CCOc1ccc(C[C@H]2NC(=O)[C@H](C)NC(=O)[C@@H](Cc3ccc(O)cc3)NC(=O)CNC(=O)[C@@H](C)NC(=O)[C@H](Cc3ccccc3)OC2=O)cc1. The van der Waals surface area contributed by atoms with E-state index in [2.05, 4.69) is 26.6 Å². The zero-order valence-corrected chi connectivity index (χ0v) is 30.7. The fourth-order valence-electron chi connectivity index (χ4n) is 5.38. The molecule has 4 rings (SSSR count). The Balaban J connectivity index is 1.63. The predicted molar refractivity (Wildman–Crippen MR) is 199 cm³/mol. The third-order valence-corrected chi connectivity index (χ3v) is 8.48. The number of ether oxygens (including phenoxy) is 2. The van der Waals surface area contributed by atoms with Crippen LogP contribution in [0.5, 0.6) is 11.5 Å². The van der Waals surface area contributed by atoms with E-state index in [1.807, 2.05) is 19.9 Å². The van der Waals surface area contributed by atoms with Crippen LogP contribution in [0.25, 0.3) is 0 Å². The van der Waals surface area contributed by atoms with E-state index in [1.165, 1.54) is 26.0 Å². The topological polar surface area (TPSA) is 201 Å². The summed E-state index contributed by atoms with van der Waals surface area (Å²) in [4.78, 5) is 80.6. The fraction of sp³-hybridized carbons (Fsp3) is 0.350. The largest absolute Gasteiger partial charge is 0.508 e. The summed E-state index contributed by atoms with van der Waals surface area (Å²) in [6, 6.07) is 16.9. The van der Waals surface area contributed by atoms with Gasteiger partial charge in [-0.2, -0.15) is 0 Å². The van der Waals surface area contributed by atoms with E-state index < -0.39 is 72.3 Å². The molecule has 5 atom stereocenters. The number of nitrogens with one attached hydrogen (secondary N) is 5. The summed E-state index contributed by atoms with van der Waals surface area (Å²) in [5.41, 5.74) is 3.00. The Morgan fingerprint density at radius 2 is 1.26 bits per heavy atom. The molecule has 0 bridgehead atoms. The smallest absolute Gasteiger partial charge is 0.329 e. The van der Waals surface area contributed by atoms with Crippen LogP contribution in [0.1, 0.15) is 44.4 Å². The first kappa shape index (κ1) is 40.6. The van der Waals surface area contributed by atoms with E-state index in [9.17, 15) is 33.9 Å². The summed E-state index contributed by atoms with van der Waals surface area (Å²) < 4.78 is 11.5. The van der Waals surface area contributed by atoms with Crippen LogP contribution in [0.4, 0.5) is 0 Å². The molecule has 0 saturated carbocycles. The molecule has 1 aliphatic rings. The molecule has 1 heterocycles. The lowest BCUT2D eigenvalue weighted by molar-refractivity contribution is -0.159. The molecule has 0 radical (unpaired) electrons. The van der Waals surface area contributed by atoms with E-state index in [0.29, 0.717) is 29.0 Å². The van der Waals surface area contributed by atoms with Crippen LogP contribution < -0.4 is 31.3 Å². The molecule has 0 aromatic heterocycles. The summed E-state index contributed by atoms with van der Waals surface area (Å²) in [5, 5.41) is 22.5. The van der Waals surface area contributed by atoms with Crippen molar-refractivity contribution in [3.8, 4) is 11.5 Å². The second-order valence-electron chi connectivity index (χ2n) is 13.3. The number of phenols is 1. The van der Waals surface area contributed by atoms with Crippen molar-refractivity contribution < 1.29 is 43.3 Å². The van der Waals surface area contributed by atoms with Crippen LogP contribution >= 0.6 is 0 Å². The van der Waals surface area contributed by atoms with E-state index in [1.54, 1.807) is 66.7 Å². The van der Waals surface area contributed by atoms with E-state index in [4.69, 9.17) is 9.47 Å². The minimum atomic E-state index is -1.40. The number of amides is 5. The van der Waals surface area contributed by atoms with Gasteiger partial charge >= 0.3 is 5.97 Å². The monoisotopic (exact) mass is 741 g/mol. The molecule has 286 valence electrons. The van der Waals surface area contributed by atoms with Crippen molar-refractivity contribution in [3.05, 3.63) is 107 Å². The first-order valence-electron chi connectivity index (χ1n) is 17.6. The zero-order valence-electron chi connectivity index (χ0n) is 30.7. The van der Waals surface area contributed by atoms with Crippen LogP contribution in [0.2, 0.25) is 0 Å². The normalized spacial score (nSPS) is 21.8. The van der Waals surface area contributed by atoms with Crippen LogP contribution in [0, 0.1) is 0 Å². The molecule has 5 amide bonds. The molecule has 54 heavy (non-hydrogen) atoms. The van der Waals surface area contributed by atoms with Crippen molar-refractivity contribution in [2.75, 3.05) is 13.2 Å². The standard InChI is InChI=1S/C40H47N5O9/c1-24(2)18-19-53-31-16-12-29(13-17-31)21-33-40(52)54-34(22-27-8-6-5-7-9-27)39(51)43-25(3)36(48)41-23-35(47)44-32(20-28-10-14-30(46)15-11-28)38(50)42-26(4)37(49)45-33/h5-18,25-26,32-34,46H,19-23H2,1-4H3,(H,41,48)(H,42,50)(H,43,51)(H,44,47)(H,45,49)/t25-,26+,32-,33-,34+/m1/s1. The van der Waals surface area contributed by atoms with Gasteiger partial charge in [0, 0.05) is 19.3 Å². The van der Waals surface area contributed by atoms with E-state index in [0.717, 1.165) is 5.57 Å². The highest BCUT2D eigenvalue weighted by Crippen LogP contribution is 2.16. The van der Waals surface area contributed by atoms with Gasteiger partial charge in [0.2, 0.25) is 23.6 Å². The zero-order chi connectivity index (χ0) is 39.2. The van der Waals surface area contributed by atoms with Crippen LogP contribution in [0.3, 0.4) is 0 Å². The van der Waals surface area contributed by atoms with Crippen LogP contribution in [-0.2, 0) is 52.8 Å². The maximum atomic E-state index is 13.9. The van der Waals surface area contributed by atoms with Crippen molar-refractivity contribution in [1.29, 1.82) is 0 Å². The molecular formula is C40H47N5O9. The molecule has 0 unspecified atom stereocenters. The van der Waals surface area contributed by atoms with Gasteiger partial charge < -0.3 is 41.2 Å². The quantitative estimate of drug-likeness (QED) is 0.140. The van der Waals surface area contributed by atoms with Crippen molar-refractivity contribution in [3.63, 3.8) is 0 Å². The van der Waals surface area contributed by atoms with Gasteiger partial charge in [-0.1, -0.05) is 60.2 Å². The predicted octanol–water partition coefficient (Wildman–Crippen LogP) is 1.79. The second-order valence-corrected chi connectivity index (χ2v) is 13.3.